The average Bonchev–Trinajstić information content (AvgIpc) is 2.18. The second kappa shape index (κ2) is 5.24. The zero-order valence-electron chi connectivity index (χ0n) is 8.90. The molecular formula is C11H15O3P. The summed E-state index contributed by atoms with van der Waals surface area (Å²) in [7, 11) is -1.33. The first-order valence-corrected chi connectivity index (χ1v) is 6.24. The van der Waals surface area contributed by atoms with Crippen molar-refractivity contribution in [3.8, 4) is 0 Å². The SMILES string of the molecule is Cc1ccc(C)c(P(O)CCC(=O)O)c1. The van der Waals surface area contributed by atoms with Gasteiger partial charge in [-0.05, 0) is 25.5 Å². The number of aryl methyl sites for hydroxylation is 2. The first kappa shape index (κ1) is 12.2. The minimum Gasteiger partial charge on any atom is -0.481 e. The van der Waals surface area contributed by atoms with E-state index >= 15 is 0 Å². The lowest BCUT2D eigenvalue weighted by Gasteiger charge is -2.13. The third-order valence-corrected chi connectivity index (χ3v) is 3.87. The van der Waals surface area contributed by atoms with Gasteiger partial charge >= 0.3 is 5.97 Å². The smallest absolute Gasteiger partial charge is 0.303 e. The molecule has 1 aromatic carbocycles. The molecule has 0 amide bonds. The predicted molar refractivity (Wildman–Crippen MR) is 61.8 cm³/mol. The van der Waals surface area contributed by atoms with Crippen LogP contribution >= 0.6 is 8.15 Å². The van der Waals surface area contributed by atoms with E-state index in [4.69, 9.17) is 5.11 Å². The van der Waals surface area contributed by atoms with E-state index < -0.39 is 14.1 Å². The Morgan fingerprint density at radius 2 is 2.07 bits per heavy atom. The summed E-state index contributed by atoms with van der Waals surface area (Å²) < 4.78 is 0. The van der Waals surface area contributed by atoms with Crippen LogP contribution in [0.15, 0.2) is 18.2 Å². The highest BCUT2D eigenvalue weighted by molar-refractivity contribution is 7.60. The Labute approximate surface area is 90.6 Å². The highest BCUT2D eigenvalue weighted by Gasteiger charge is 2.12. The first-order valence-electron chi connectivity index (χ1n) is 4.76. The Morgan fingerprint density at radius 3 is 2.67 bits per heavy atom. The van der Waals surface area contributed by atoms with Crippen LogP contribution in [0.2, 0.25) is 0 Å². The molecule has 82 valence electrons. The van der Waals surface area contributed by atoms with Crippen molar-refractivity contribution >= 4 is 19.4 Å². The third kappa shape index (κ3) is 3.61. The van der Waals surface area contributed by atoms with Gasteiger partial charge in [0, 0.05) is 11.5 Å². The maximum Gasteiger partial charge on any atom is 0.303 e. The molecule has 1 rings (SSSR count). The number of hydrogen-bond acceptors (Lipinski definition) is 2. The first-order chi connectivity index (χ1) is 7.00. The van der Waals surface area contributed by atoms with Crippen molar-refractivity contribution in [2.75, 3.05) is 6.16 Å². The van der Waals surface area contributed by atoms with Gasteiger partial charge in [0.05, 0.1) is 14.6 Å². The summed E-state index contributed by atoms with van der Waals surface area (Å²) in [4.78, 5) is 20.3. The summed E-state index contributed by atoms with van der Waals surface area (Å²) in [6.07, 6.45) is 0.352. The molecule has 0 bridgehead atoms. The van der Waals surface area contributed by atoms with E-state index in [0.717, 1.165) is 16.4 Å². The van der Waals surface area contributed by atoms with Crippen molar-refractivity contribution in [2.45, 2.75) is 20.3 Å². The topological polar surface area (TPSA) is 57.5 Å². The molecule has 0 saturated heterocycles. The fraction of sp³-hybridized carbons (Fsp3) is 0.364. The maximum absolute atomic E-state index is 10.4. The molecule has 0 aliphatic carbocycles. The summed E-state index contributed by atoms with van der Waals surface area (Å²) >= 11 is 0. The number of carboxylic acids is 1. The van der Waals surface area contributed by atoms with Crippen molar-refractivity contribution in [3.05, 3.63) is 29.3 Å². The van der Waals surface area contributed by atoms with Gasteiger partial charge in [0.25, 0.3) is 0 Å². The van der Waals surface area contributed by atoms with Crippen LogP contribution in [0.3, 0.4) is 0 Å². The number of benzene rings is 1. The van der Waals surface area contributed by atoms with Gasteiger partial charge in [-0.1, -0.05) is 17.7 Å². The summed E-state index contributed by atoms with van der Waals surface area (Å²) in [6.45, 7) is 3.89. The zero-order chi connectivity index (χ0) is 11.4. The normalized spacial score (nSPS) is 12.5. The molecule has 1 unspecified atom stereocenters. The lowest BCUT2D eigenvalue weighted by Crippen LogP contribution is -2.09. The van der Waals surface area contributed by atoms with Gasteiger partial charge in [-0.25, -0.2) is 0 Å². The molecule has 0 aromatic heterocycles. The molecule has 0 saturated carbocycles. The van der Waals surface area contributed by atoms with Crippen LogP contribution in [-0.2, 0) is 4.79 Å². The van der Waals surface area contributed by atoms with Crippen molar-refractivity contribution in [3.63, 3.8) is 0 Å². The summed E-state index contributed by atoms with van der Waals surface area (Å²) in [5, 5.41) is 9.43. The summed E-state index contributed by atoms with van der Waals surface area (Å²) in [5.41, 5.74) is 2.12. The second-order valence-electron chi connectivity index (χ2n) is 3.56. The lowest BCUT2D eigenvalue weighted by molar-refractivity contribution is -0.136. The second-order valence-corrected chi connectivity index (χ2v) is 5.28. The number of rotatable bonds is 4. The van der Waals surface area contributed by atoms with Crippen molar-refractivity contribution in [2.24, 2.45) is 0 Å². The lowest BCUT2D eigenvalue weighted by atomic mass is 10.2. The van der Waals surface area contributed by atoms with Crippen LogP contribution in [0.5, 0.6) is 0 Å². The minimum atomic E-state index is -1.33. The van der Waals surface area contributed by atoms with E-state index in [0.29, 0.717) is 6.16 Å². The molecule has 1 aromatic rings. The third-order valence-electron chi connectivity index (χ3n) is 2.18. The molecule has 0 radical (unpaired) electrons. The highest BCUT2D eigenvalue weighted by atomic mass is 31.1. The quantitative estimate of drug-likeness (QED) is 0.769. The molecule has 15 heavy (non-hydrogen) atoms. The minimum absolute atomic E-state index is 0.0234. The fourth-order valence-electron chi connectivity index (χ4n) is 1.32. The van der Waals surface area contributed by atoms with Gasteiger partial charge in [-0.15, -0.1) is 0 Å². The molecule has 1 atom stereocenters. The monoisotopic (exact) mass is 226 g/mol. The van der Waals surface area contributed by atoms with E-state index in [1.807, 2.05) is 32.0 Å². The molecule has 0 spiro atoms. The molecule has 0 fully saturated rings. The van der Waals surface area contributed by atoms with Crippen LogP contribution < -0.4 is 5.30 Å². The van der Waals surface area contributed by atoms with Crippen LogP contribution in [-0.4, -0.2) is 22.1 Å². The van der Waals surface area contributed by atoms with Crippen LogP contribution in [0.25, 0.3) is 0 Å². The van der Waals surface area contributed by atoms with E-state index in [1.54, 1.807) is 0 Å². The van der Waals surface area contributed by atoms with Crippen molar-refractivity contribution in [1.29, 1.82) is 0 Å². The van der Waals surface area contributed by atoms with Gasteiger partial charge in [0.1, 0.15) is 0 Å². The zero-order valence-corrected chi connectivity index (χ0v) is 9.79. The van der Waals surface area contributed by atoms with Gasteiger partial charge in [0.15, 0.2) is 0 Å². The van der Waals surface area contributed by atoms with Crippen LogP contribution in [0.1, 0.15) is 17.5 Å². The molecule has 3 nitrogen and oxygen atoms in total. The van der Waals surface area contributed by atoms with Crippen LogP contribution in [0, 0.1) is 13.8 Å². The number of carboxylic acid groups (broad SMARTS) is 1. The number of hydrogen-bond donors (Lipinski definition) is 2. The number of aliphatic carboxylic acids is 1. The van der Waals surface area contributed by atoms with Crippen molar-refractivity contribution < 1.29 is 14.8 Å². The van der Waals surface area contributed by atoms with Crippen molar-refractivity contribution in [1.82, 2.24) is 0 Å². The Balaban J connectivity index is 2.76. The molecule has 0 aliphatic heterocycles. The molecule has 0 heterocycles. The van der Waals surface area contributed by atoms with Gasteiger partial charge < -0.3 is 10.00 Å². The molecular weight excluding hydrogens is 211 g/mol. The van der Waals surface area contributed by atoms with Gasteiger partial charge in [-0.3, -0.25) is 4.79 Å². The molecule has 2 N–H and O–H groups in total. The summed E-state index contributed by atoms with van der Waals surface area (Å²) in [5.74, 6) is -0.859. The summed E-state index contributed by atoms with van der Waals surface area (Å²) in [6, 6.07) is 5.87. The Bertz CT molecular complexity index is 363. The Kier molecular flexibility index (Phi) is 4.25. The van der Waals surface area contributed by atoms with E-state index in [1.165, 1.54) is 0 Å². The molecule has 4 heteroatoms. The number of carbonyl (C=O) groups is 1. The highest BCUT2D eigenvalue weighted by Crippen LogP contribution is 2.31. The fourth-order valence-corrected chi connectivity index (χ4v) is 2.80. The van der Waals surface area contributed by atoms with Gasteiger partial charge in [-0.2, -0.15) is 0 Å². The average molecular weight is 226 g/mol. The molecule has 0 aliphatic rings. The Morgan fingerprint density at radius 1 is 1.40 bits per heavy atom. The largest absolute Gasteiger partial charge is 0.481 e. The van der Waals surface area contributed by atoms with E-state index in [2.05, 4.69) is 0 Å². The van der Waals surface area contributed by atoms with E-state index in [9.17, 15) is 9.69 Å². The van der Waals surface area contributed by atoms with Crippen LogP contribution in [0.4, 0.5) is 0 Å². The maximum atomic E-state index is 10.4. The Hall–Kier alpha value is -0.920. The van der Waals surface area contributed by atoms with E-state index in [-0.39, 0.29) is 6.42 Å². The standard InChI is InChI=1S/C11H15O3P/c1-8-3-4-9(2)10(7-8)15(14)6-5-11(12)13/h3-4,7,14H,5-6H2,1-2H3,(H,12,13). The predicted octanol–water partition coefficient (Wildman–Crippen LogP) is 1.79. The van der Waals surface area contributed by atoms with Gasteiger partial charge in [0.2, 0.25) is 0 Å².